The number of hydrogen-bond acceptors (Lipinski definition) is 7. The highest BCUT2D eigenvalue weighted by atomic mass is 16.6. The number of hydrogen-bond donors (Lipinski definition) is 1. The molecule has 0 amide bonds. The lowest BCUT2D eigenvalue weighted by atomic mass is 10.1. The molecule has 0 aliphatic rings. The Hall–Kier alpha value is -2.35. The summed E-state index contributed by atoms with van der Waals surface area (Å²) in [5, 5.41) is 11.0. The quantitative estimate of drug-likeness (QED) is 0.364. The summed E-state index contributed by atoms with van der Waals surface area (Å²) < 4.78 is 14.9. The fraction of sp³-hybridized carbons (Fsp3) is 0.417. The Morgan fingerprint density at radius 2 is 2.05 bits per heavy atom. The van der Waals surface area contributed by atoms with Crippen molar-refractivity contribution in [2.75, 3.05) is 14.2 Å². The van der Waals surface area contributed by atoms with E-state index in [1.165, 1.54) is 13.2 Å². The largest absolute Gasteiger partial charge is 0.493 e. The second kappa shape index (κ2) is 6.71. The number of nitrogens with zero attached hydrogens (tertiary/aromatic N) is 1. The molecule has 1 aromatic rings. The number of ether oxygens (including phenoxy) is 3. The van der Waals surface area contributed by atoms with Gasteiger partial charge in [0.1, 0.15) is 11.8 Å². The van der Waals surface area contributed by atoms with Gasteiger partial charge in [-0.3, -0.25) is 15.8 Å². The molecular formula is C12H16N2O6. The van der Waals surface area contributed by atoms with Crippen LogP contribution in [0.4, 0.5) is 5.69 Å². The number of esters is 1. The summed E-state index contributed by atoms with van der Waals surface area (Å²) >= 11 is 0. The monoisotopic (exact) mass is 284 g/mol. The van der Waals surface area contributed by atoms with E-state index in [0.29, 0.717) is 6.42 Å². The van der Waals surface area contributed by atoms with Gasteiger partial charge >= 0.3 is 5.97 Å². The molecule has 1 unspecified atom stereocenters. The molecule has 0 bridgehead atoms. The summed E-state index contributed by atoms with van der Waals surface area (Å²) in [6, 6.07) is 2.29. The van der Waals surface area contributed by atoms with Crippen molar-refractivity contribution in [3.8, 4) is 11.5 Å². The minimum absolute atomic E-state index is 0.0983. The summed E-state index contributed by atoms with van der Waals surface area (Å²) in [5.74, 6) is -0.567. The van der Waals surface area contributed by atoms with Gasteiger partial charge in [-0.1, -0.05) is 6.92 Å². The van der Waals surface area contributed by atoms with Crippen LogP contribution in [-0.2, 0) is 4.74 Å². The maximum atomic E-state index is 11.5. The zero-order valence-electron chi connectivity index (χ0n) is 11.4. The van der Waals surface area contributed by atoms with Gasteiger partial charge in [-0.05, 0) is 6.42 Å². The molecule has 0 saturated heterocycles. The number of carbonyl (C=O) groups excluding carboxylic acids is 1. The molecule has 1 rings (SSSR count). The minimum Gasteiger partial charge on any atom is -0.493 e. The fourth-order valence-corrected chi connectivity index (χ4v) is 1.47. The molecule has 0 radical (unpaired) electrons. The van der Waals surface area contributed by atoms with E-state index < -0.39 is 22.8 Å². The maximum Gasteiger partial charge on any atom is 0.345 e. The second-order valence-corrected chi connectivity index (χ2v) is 3.83. The van der Waals surface area contributed by atoms with E-state index in [2.05, 4.69) is 4.74 Å². The second-order valence-electron chi connectivity index (χ2n) is 3.83. The number of methoxy groups -OCH3 is 2. The van der Waals surface area contributed by atoms with E-state index in [-0.39, 0.29) is 17.1 Å². The van der Waals surface area contributed by atoms with E-state index in [1.54, 1.807) is 6.92 Å². The lowest BCUT2D eigenvalue weighted by molar-refractivity contribution is -0.385. The van der Waals surface area contributed by atoms with Crippen LogP contribution in [0.1, 0.15) is 23.7 Å². The van der Waals surface area contributed by atoms with Gasteiger partial charge in [-0.2, -0.15) is 0 Å². The van der Waals surface area contributed by atoms with E-state index >= 15 is 0 Å². The van der Waals surface area contributed by atoms with E-state index in [1.807, 2.05) is 0 Å². The molecule has 0 spiro atoms. The molecule has 8 heteroatoms. The van der Waals surface area contributed by atoms with Gasteiger partial charge in [0.25, 0.3) is 5.69 Å². The van der Waals surface area contributed by atoms with Crippen molar-refractivity contribution >= 4 is 11.7 Å². The smallest absolute Gasteiger partial charge is 0.345 e. The highest BCUT2D eigenvalue weighted by Crippen LogP contribution is 2.35. The fourth-order valence-electron chi connectivity index (χ4n) is 1.47. The molecule has 0 heterocycles. The van der Waals surface area contributed by atoms with Crippen LogP contribution >= 0.6 is 0 Å². The highest BCUT2D eigenvalue weighted by molar-refractivity contribution is 5.94. The third-order valence-electron chi connectivity index (χ3n) is 2.56. The van der Waals surface area contributed by atoms with Crippen LogP contribution in [0.25, 0.3) is 0 Å². The topological polar surface area (TPSA) is 114 Å². The molecule has 0 aromatic heterocycles. The van der Waals surface area contributed by atoms with Crippen LogP contribution in [-0.4, -0.2) is 31.3 Å². The van der Waals surface area contributed by atoms with Crippen molar-refractivity contribution in [2.45, 2.75) is 19.6 Å². The number of nitro groups is 1. The van der Waals surface area contributed by atoms with Gasteiger partial charge in [-0.25, -0.2) is 4.79 Å². The average molecular weight is 284 g/mol. The number of nitro benzene ring substituents is 1. The Balaban J connectivity index is 3.36. The molecule has 0 aliphatic heterocycles. The van der Waals surface area contributed by atoms with Crippen LogP contribution in [0.5, 0.6) is 11.5 Å². The zero-order chi connectivity index (χ0) is 15.3. The molecule has 2 N–H and O–H groups in total. The van der Waals surface area contributed by atoms with Crippen molar-refractivity contribution in [1.29, 1.82) is 0 Å². The van der Waals surface area contributed by atoms with Gasteiger partial charge in [0.2, 0.25) is 0 Å². The SMILES string of the molecule is CCC(N)Oc1cc([N+](=O)[O-])c(C(=O)OC)cc1OC. The number of rotatable bonds is 6. The lowest BCUT2D eigenvalue weighted by Gasteiger charge is -2.15. The van der Waals surface area contributed by atoms with E-state index in [9.17, 15) is 14.9 Å². The number of nitrogens with two attached hydrogens (primary N) is 1. The Bertz CT molecular complexity index is 517. The van der Waals surface area contributed by atoms with Gasteiger partial charge in [0.05, 0.1) is 25.2 Å². The van der Waals surface area contributed by atoms with Crippen LogP contribution in [0, 0.1) is 10.1 Å². The Kier molecular flexibility index (Phi) is 5.27. The van der Waals surface area contributed by atoms with Crippen LogP contribution in [0.2, 0.25) is 0 Å². The van der Waals surface area contributed by atoms with E-state index in [4.69, 9.17) is 15.2 Å². The molecule has 0 aliphatic carbocycles. The maximum absolute atomic E-state index is 11.5. The average Bonchev–Trinajstić information content (AvgIpc) is 2.45. The molecule has 1 aromatic carbocycles. The summed E-state index contributed by atoms with van der Waals surface area (Å²) in [7, 11) is 2.49. The molecular weight excluding hydrogens is 268 g/mol. The predicted octanol–water partition coefficient (Wildman–Crippen LogP) is 1.46. The van der Waals surface area contributed by atoms with Crippen LogP contribution in [0.15, 0.2) is 12.1 Å². The van der Waals surface area contributed by atoms with Crippen LogP contribution < -0.4 is 15.2 Å². The molecule has 0 fully saturated rings. The normalized spacial score (nSPS) is 11.6. The number of benzene rings is 1. The van der Waals surface area contributed by atoms with E-state index in [0.717, 1.165) is 13.2 Å². The summed E-state index contributed by atoms with van der Waals surface area (Å²) in [6.45, 7) is 1.80. The zero-order valence-corrected chi connectivity index (χ0v) is 11.4. The van der Waals surface area contributed by atoms with Gasteiger partial charge in [0, 0.05) is 6.07 Å². The Labute approximate surface area is 115 Å². The van der Waals surface area contributed by atoms with Crippen molar-refractivity contribution in [3.05, 3.63) is 27.8 Å². The highest BCUT2D eigenvalue weighted by Gasteiger charge is 2.25. The molecule has 0 saturated carbocycles. The first-order valence-electron chi connectivity index (χ1n) is 5.81. The Morgan fingerprint density at radius 3 is 2.50 bits per heavy atom. The molecule has 8 nitrogen and oxygen atoms in total. The Morgan fingerprint density at radius 1 is 1.40 bits per heavy atom. The van der Waals surface area contributed by atoms with Crippen molar-refractivity contribution < 1.29 is 23.9 Å². The standard InChI is InChI=1S/C12H16N2O6/c1-4-11(13)20-10-6-8(14(16)17)7(12(15)19-3)5-9(10)18-2/h5-6,11H,4,13H2,1-3H3. The molecule has 20 heavy (non-hydrogen) atoms. The first-order chi connectivity index (χ1) is 9.44. The van der Waals surface area contributed by atoms with Crippen molar-refractivity contribution in [2.24, 2.45) is 5.73 Å². The van der Waals surface area contributed by atoms with Crippen molar-refractivity contribution in [3.63, 3.8) is 0 Å². The number of carbonyl (C=O) groups is 1. The van der Waals surface area contributed by atoms with Gasteiger partial charge < -0.3 is 14.2 Å². The summed E-state index contributed by atoms with van der Waals surface area (Å²) in [4.78, 5) is 21.9. The minimum atomic E-state index is -0.832. The third-order valence-corrected chi connectivity index (χ3v) is 2.56. The first-order valence-corrected chi connectivity index (χ1v) is 5.81. The van der Waals surface area contributed by atoms with Crippen LogP contribution in [0.3, 0.4) is 0 Å². The van der Waals surface area contributed by atoms with Gasteiger partial charge in [0.15, 0.2) is 11.5 Å². The molecule has 110 valence electrons. The lowest BCUT2D eigenvalue weighted by Crippen LogP contribution is -2.26. The van der Waals surface area contributed by atoms with Gasteiger partial charge in [-0.15, -0.1) is 0 Å². The summed E-state index contributed by atoms with van der Waals surface area (Å²) in [6.07, 6.45) is -0.122. The summed E-state index contributed by atoms with van der Waals surface area (Å²) in [5.41, 5.74) is 4.99. The first kappa shape index (κ1) is 15.7. The predicted molar refractivity (Wildman–Crippen MR) is 69.9 cm³/mol. The van der Waals surface area contributed by atoms with Crippen molar-refractivity contribution in [1.82, 2.24) is 0 Å². The molecule has 1 atom stereocenters. The third kappa shape index (κ3) is 3.35.